The van der Waals surface area contributed by atoms with E-state index in [9.17, 15) is 0 Å². The number of nitrogens with one attached hydrogen (secondary N) is 1. The Morgan fingerprint density at radius 1 is 1.12 bits per heavy atom. The summed E-state index contributed by atoms with van der Waals surface area (Å²) >= 11 is -2.37. The molecule has 0 aliphatic heterocycles. The summed E-state index contributed by atoms with van der Waals surface area (Å²) in [7, 11) is 3.52. The van der Waals surface area contributed by atoms with Gasteiger partial charge in [-0.2, -0.15) is 0 Å². The second kappa shape index (κ2) is 7.07. The number of benzene rings is 1. The second-order valence-corrected chi connectivity index (χ2v) is 9.54. The molecule has 0 unspecified atom stereocenters. The first-order valence-electron chi connectivity index (χ1n) is 5.59. The van der Waals surface area contributed by atoms with Crippen LogP contribution >= 0.6 is 0 Å². The van der Waals surface area contributed by atoms with Crippen LogP contribution in [0.5, 0.6) is 0 Å². The van der Waals surface area contributed by atoms with Crippen molar-refractivity contribution in [2.75, 3.05) is 26.1 Å². The molecule has 0 saturated carbocycles. The third-order valence-electron chi connectivity index (χ3n) is 2.77. The van der Waals surface area contributed by atoms with Gasteiger partial charge in [-0.1, -0.05) is 0 Å². The number of anilines is 1. The minimum atomic E-state index is -2.37. The van der Waals surface area contributed by atoms with Crippen molar-refractivity contribution in [3.63, 3.8) is 0 Å². The van der Waals surface area contributed by atoms with E-state index >= 15 is 0 Å². The van der Waals surface area contributed by atoms with Crippen molar-refractivity contribution in [1.82, 2.24) is 0 Å². The normalized spacial score (nSPS) is 11.4. The average molecular weight is 259 g/mol. The monoisotopic (exact) mass is 259 g/mol. The summed E-state index contributed by atoms with van der Waals surface area (Å²) < 4.78 is 12.0. The topological polar surface area (TPSA) is 30.5 Å². The van der Waals surface area contributed by atoms with Crippen LogP contribution in [0.25, 0.3) is 0 Å². The van der Waals surface area contributed by atoms with Gasteiger partial charge in [-0.25, -0.2) is 0 Å². The zero-order valence-electron chi connectivity index (χ0n) is 10.3. The Morgan fingerprint density at radius 3 is 2.31 bits per heavy atom. The molecule has 1 aromatic carbocycles. The van der Waals surface area contributed by atoms with Gasteiger partial charge >= 0.3 is 102 Å². The van der Waals surface area contributed by atoms with Crippen LogP contribution in [-0.2, 0) is 24.0 Å². The summed E-state index contributed by atoms with van der Waals surface area (Å²) in [5.74, 6) is 0. The molecule has 0 radical (unpaired) electrons. The zero-order chi connectivity index (χ0) is 11.9. The van der Waals surface area contributed by atoms with E-state index in [1.807, 2.05) is 18.2 Å². The summed E-state index contributed by atoms with van der Waals surface area (Å²) in [4.78, 5) is 0. The molecule has 0 amide bonds. The molecule has 0 aromatic heterocycles. The molecule has 0 spiro atoms. The molecule has 0 aliphatic carbocycles. The number of para-hydroxylation sites is 1. The molecule has 0 fully saturated rings. The van der Waals surface area contributed by atoms with Gasteiger partial charge in [-0.15, -0.1) is 0 Å². The Balaban J connectivity index is 2.22. The van der Waals surface area contributed by atoms with Crippen molar-refractivity contribution >= 4 is 5.69 Å². The van der Waals surface area contributed by atoms with Crippen LogP contribution in [0.15, 0.2) is 30.3 Å². The predicted octanol–water partition coefficient (Wildman–Crippen LogP) is 3.23. The minimum absolute atomic E-state index is 0.970. The van der Waals surface area contributed by atoms with E-state index in [0.717, 1.165) is 17.7 Å². The first-order chi connectivity index (χ1) is 7.70. The van der Waals surface area contributed by atoms with Gasteiger partial charge < -0.3 is 0 Å². The molecule has 16 heavy (non-hydrogen) atoms. The molecule has 90 valence electrons. The van der Waals surface area contributed by atoms with Crippen LogP contribution < -0.4 is 5.32 Å². The third-order valence-corrected chi connectivity index (χ3v) is 7.44. The van der Waals surface area contributed by atoms with Crippen molar-refractivity contribution in [3.05, 3.63) is 30.3 Å². The van der Waals surface area contributed by atoms with Crippen molar-refractivity contribution in [1.29, 1.82) is 0 Å². The number of hydrogen-bond acceptors (Lipinski definition) is 3. The van der Waals surface area contributed by atoms with E-state index in [4.69, 9.17) is 6.64 Å². The van der Waals surface area contributed by atoms with Crippen molar-refractivity contribution in [3.8, 4) is 0 Å². The summed E-state index contributed by atoms with van der Waals surface area (Å²) in [5.41, 5.74) is 1.17. The van der Waals surface area contributed by atoms with E-state index in [1.165, 1.54) is 5.69 Å². The Morgan fingerprint density at radius 2 is 1.75 bits per heavy atom. The number of rotatable bonds is 7. The Hall–Kier alpha value is -0.346. The van der Waals surface area contributed by atoms with Gasteiger partial charge in [0.05, 0.1) is 0 Å². The summed E-state index contributed by atoms with van der Waals surface area (Å²) in [5, 5.41) is 5.53. The fourth-order valence-corrected chi connectivity index (χ4v) is 3.66. The third kappa shape index (κ3) is 4.66. The summed E-state index contributed by atoms with van der Waals surface area (Å²) in [6.07, 6.45) is 1.09. The van der Waals surface area contributed by atoms with Crippen molar-refractivity contribution in [2.45, 2.75) is 16.4 Å². The predicted molar refractivity (Wildman–Crippen MR) is 64.2 cm³/mol. The Kier molecular flexibility index (Phi) is 6.06. The van der Waals surface area contributed by atoms with Crippen molar-refractivity contribution in [2.24, 2.45) is 0 Å². The van der Waals surface area contributed by atoms with Crippen LogP contribution in [0.1, 0.15) is 6.42 Å². The van der Waals surface area contributed by atoms with Gasteiger partial charge in [0.2, 0.25) is 0 Å². The fourth-order valence-electron chi connectivity index (χ4n) is 1.49. The summed E-state index contributed by atoms with van der Waals surface area (Å²) in [6.45, 7) is 0.970. The Bertz CT molecular complexity index is 288. The standard InChI is InChI=1S/C9H12N.2CH3O.CH3.Ti/c1-2-8-10-9-6-4-3-5-7-9;2*1-2;;/h3-7,10H,1-2,8H2;2*1H3;1H3;/q;2*-1;;+2. The molecule has 0 atom stereocenters. The molecule has 0 bridgehead atoms. The molecule has 0 saturated heterocycles. The average Bonchev–Trinajstić information content (AvgIpc) is 2.36. The first-order valence-corrected chi connectivity index (χ1v) is 9.53. The molecular weight excluding hydrogens is 238 g/mol. The Labute approximate surface area is 102 Å². The molecule has 1 aromatic rings. The molecular formula is C12H21NO2Ti. The van der Waals surface area contributed by atoms with E-state index in [0.29, 0.717) is 0 Å². The molecule has 1 N–H and O–H groups in total. The van der Waals surface area contributed by atoms with E-state index in [-0.39, 0.29) is 0 Å². The molecule has 0 aliphatic rings. The van der Waals surface area contributed by atoms with Gasteiger partial charge in [-0.05, 0) is 0 Å². The summed E-state index contributed by atoms with van der Waals surface area (Å²) in [6, 6.07) is 10.2. The second-order valence-electron chi connectivity index (χ2n) is 3.94. The molecule has 4 heteroatoms. The van der Waals surface area contributed by atoms with Crippen LogP contribution in [0.2, 0.25) is 9.95 Å². The maximum atomic E-state index is 5.48. The van der Waals surface area contributed by atoms with E-state index < -0.39 is 17.4 Å². The van der Waals surface area contributed by atoms with E-state index in [1.54, 1.807) is 14.2 Å². The molecule has 1 rings (SSSR count). The van der Waals surface area contributed by atoms with Crippen LogP contribution in [-0.4, -0.2) is 20.8 Å². The van der Waals surface area contributed by atoms with Gasteiger partial charge in [0, 0.05) is 0 Å². The SMILES string of the molecule is C[O][Ti]([CH3])([CH2]CCNc1ccccc1)[O]C. The van der Waals surface area contributed by atoms with Gasteiger partial charge in [0.15, 0.2) is 0 Å². The van der Waals surface area contributed by atoms with Crippen LogP contribution in [0.4, 0.5) is 5.69 Å². The zero-order valence-corrected chi connectivity index (χ0v) is 11.9. The van der Waals surface area contributed by atoms with Gasteiger partial charge in [0.1, 0.15) is 0 Å². The van der Waals surface area contributed by atoms with E-state index in [2.05, 4.69) is 22.7 Å². The number of hydrogen-bond donors (Lipinski definition) is 1. The van der Waals surface area contributed by atoms with Crippen LogP contribution in [0.3, 0.4) is 0 Å². The van der Waals surface area contributed by atoms with Gasteiger partial charge in [-0.3, -0.25) is 0 Å². The molecule has 3 nitrogen and oxygen atoms in total. The quantitative estimate of drug-likeness (QED) is 0.602. The van der Waals surface area contributed by atoms with Crippen LogP contribution in [0, 0.1) is 0 Å². The fraction of sp³-hybridized carbons (Fsp3) is 0.500. The first kappa shape index (κ1) is 13.7. The van der Waals surface area contributed by atoms with Gasteiger partial charge in [0.25, 0.3) is 0 Å². The maximum absolute atomic E-state index is 5.48. The van der Waals surface area contributed by atoms with Crippen molar-refractivity contribution < 1.29 is 24.0 Å². The molecule has 0 heterocycles.